The minimum absolute atomic E-state index is 0.124. The second-order valence-electron chi connectivity index (χ2n) is 6.89. The Balaban J connectivity index is 1.79. The Morgan fingerprint density at radius 3 is 2.81 bits per heavy atom. The van der Waals surface area contributed by atoms with E-state index >= 15 is 0 Å². The predicted molar refractivity (Wildman–Crippen MR) is 100 cm³/mol. The zero-order chi connectivity index (χ0) is 19.0. The fourth-order valence-corrected chi connectivity index (χ4v) is 5.63. The Hall–Kier alpha value is -2.16. The molecule has 1 saturated heterocycles. The van der Waals surface area contributed by atoms with Crippen LogP contribution in [0.2, 0.25) is 0 Å². The maximum Gasteiger partial charge on any atom is 0.247 e. The molecule has 0 bridgehead atoms. The third kappa shape index (κ3) is 3.18. The summed E-state index contributed by atoms with van der Waals surface area (Å²) in [6.45, 7) is 2.35. The zero-order valence-electron chi connectivity index (χ0n) is 15.4. The molecular weight excluding hydrogens is 366 g/mol. The molecule has 2 aromatic rings. The largest absolute Gasteiger partial charge is 0.497 e. The molecule has 1 aromatic heterocycles. The molecule has 1 N–H and O–H groups in total. The highest BCUT2D eigenvalue weighted by Gasteiger charge is 2.40. The molecule has 4 rings (SSSR count). The molecule has 2 atom stereocenters. The molecule has 0 unspecified atom stereocenters. The van der Waals surface area contributed by atoms with Crippen molar-refractivity contribution in [2.45, 2.75) is 17.4 Å². The number of hydrogen-bond donors (Lipinski definition) is 1. The first-order valence-corrected chi connectivity index (χ1v) is 10.3. The van der Waals surface area contributed by atoms with E-state index in [0.717, 1.165) is 24.3 Å². The van der Waals surface area contributed by atoms with Gasteiger partial charge in [-0.05, 0) is 36.2 Å². The van der Waals surface area contributed by atoms with E-state index in [1.165, 1.54) is 20.3 Å². The fourth-order valence-electron chi connectivity index (χ4n) is 3.99. The number of fused-ring (bicyclic) bond motifs is 3. The molecule has 27 heavy (non-hydrogen) atoms. The second-order valence-corrected chi connectivity index (χ2v) is 8.79. The highest BCUT2D eigenvalue weighted by Crippen LogP contribution is 2.37. The minimum atomic E-state index is -3.77. The van der Waals surface area contributed by atoms with Crippen LogP contribution in [0.1, 0.15) is 17.2 Å². The van der Waals surface area contributed by atoms with E-state index in [-0.39, 0.29) is 16.7 Å². The molecule has 0 spiro atoms. The average molecular weight is 389 g/mol. The standard InChI is InChI=1S/C19H23N3O4S/c1-25-15-5-6-17(26-2)18(8-15)27(23,24)22-11-13-4-3-7-21-19(13)16-10-20-9-14(16)12-22/h3-8,14,16,20H,9-12H2,1-2H3/t14-,16+/m0/s1. The first-order valence-electron chi connectivity index (χ1n) is 8.91. The number of methoxy groups -OCH3 is 2. The highest BCUT2D eigenvalue weighted by atomic mass is 32.2. The van der Waals surface area contributed by atoms with Crippen LogP contribution >= 0.6 is 0 Å². The van der Waals surface area contributed by atoms with Crippen LogP contribution in [0, 0.1) is 5.92 Å². The van der Waals surface area contributed by atoms with Crippen molar-refractivity contribution in [3.8, 4) is 11.5 Å². The predicted octanol–water partition coefficient (Wildman–Crippen LogP) is 1.61. The van der Waals surface area contributed by atoms with Crippen LogP contribution in [0.15, 0.2) is 41.4 Å². The number of benzene rings is 1. The van der Waals surface area contributed by atoms with Crippen molar-refractivity contribution in [2.24, 2.45) is 5.92 Å². The topological polar surface area (TPSA) is 80.8 Å². The van der Waals surface area contributed by atoms with Crippen molar-refractivity contribution >= 4 is 10.0 Å². The quantitative estimate of drug-likeness (QED) is 0.856. The van der Waals surface area contributed by atoms with Crippen LogP contribution < -0.4 is 14.8 Å². The third-order valence-corrected chi connectivity index (χ3v) is 7.22. The number of aromatic nitrogens is 1. The van der Waals surface area contributed by atoms with Crippen molar-refractivity contribution in [1.82, 2.24) is 14.6 Å². The van der Waals surface area contributed by atoms with Gasteiger partial charge in [0.25, 0.3) is 0 Å². The lowest BCUT2D eigenvalue weighted by Gasteiger charge is -2.24. The van der Waals surface area contributed by atoms with E-state index in [2.05, 4.69) is 10.3 Å². The summed E-state index contributed by atoms with van der Waals surface area (Å²) in [7, 11) is -0.783. The van der Waals surface area contributed by atoms with Crippen LogP contribution in [0.5, 0.6) is 11.5 Å². The lowest BCUT2D eigenvalue weighted by atomic mass is 9.91. The van der Waals surface area contributed by atoms with E-state index < -0.39 is 10.0 Å². The molecule has 2 aliphatic heterocycles. The summed E-state index contributed by atoms with van der Waals surface area (Å²) in [5.74, 6) is 1.21. The first kappa shape index (κ1) is 18.2. The van der Waals surface area contributed by atoms with E-state index in [9.17, 15) is 8.42 Å². The van der Waals surface area contributed by atoms with Gasteiger partial charge in [0.2, 0.25) is 10.0 Å². The van der Waals surface area contributed by atoms with Gasteiger partial charge in [0.15, 0.2) is 0 Å². The summed E-state index contributed by atoms with van der Waals surface area (Å²) in [6, 6.07) is 8.66. The number of nitrogens with zero attached hydrogens (tertiary/aromatic N) is 2. The van der Waals surface area contributed by atoms with Crippen LogP contribution in [0.3, 0.4) is 0 Å². The van der Waals surface area contributed by atoms with Crippen molar-refractivity contribution in [1.29, 1.82) is 0 Å². The highest BCUT2D eigenvalue weighted by molar-refractivity contribution is 7.89. The number of hydrogen-bond acceptors (Lipinski definition) is 6. The Morgan fingerprint density at radius 1 is 1.19 bits per heavy atom. The van der Waals surface area contributed by atoms with E-state index in [1.54, 1.807) is 22.6 Å². The summed E-state index contributed by atoms with van der Waals surface area (Å²) in [5.41, 5.74) is 1.96. The van der Waals surface area contributed by atoms with Crippen molar-refractivity contribution in [3.05, 3.63) is 47.8 Å². The van der Waals surface area contributed by atoms with Gasteiger partial charge in [-0.15, -0.1) is 0 Å². The lowest BCUT2D eigenvalue weighted by molar-refractivity contribution is 0.344. The Morgan fingerprint density at radius 2 is 2.04 bits per heavy atom. The summed E-state index contributed by atoms with van der Waals surface area (Å²) in [4.78, 5) is 4.69. The summed E-state index contributed by atoms with van der Waals surface area (Å²) in [5, 5.41) is 3.38. The molecule has 3 heterocycles. The molecule has 7 nitrogen and oxygen atoms in total. The smallest absolute Gasteiger partial charge is 0.247 e. The normalized spacial score (nSPS) is 22.6. The number of sulfonamides is 1. The number of nitrogens with one attached hydrogen (secondary N) is 1. The van der Waals surface area contributed by atoms with Gasteiger partial charge in [-0.1, -0.05) is 6.07 Å². The summed E-state index contributed by atoms with van der Waals surface area (Å²) in [6.07, 6.45) is 1.78. The van der Waals surface area contributed by atoms with Gasteiger partial charge in [-0.25, -0.2) is 8.42 Å². The Kier molecular flexibility index (Phi) is 4.79. The van der Waals surface area contributed by atoms with Crippen molar-refractivity contribution in [2.75, 3.05) is 33.9 Å². The third-order valence-electron chi connectivity index (χ3n) is 5.39. The van der Waals surface area contributed by atoms with Crippen LogP contribution in [-0.4, -0.2) is 51.6 Å². The van der Waals surface area contributed by atoms with Gasteiger partial charge in [0, 0.05) is 43.5 Å². The van der Waals surface area contributed by atoms with Gasteiger partial charge in [-0.3, -0.25) is 4.98 Å². The van der Waals surface area contributed by atoms with Crippen LogP contribution in [0.4, 0.5) is 0 Å². The van der Waals surface area contributed by atoms with Crippen molar-refractivity contribution in [3.63, 3.8) is 0 Å². The van der Waals surface area contributed by atoms with Gasteiger partial charge in [0.1, 0.15) is 16.4 Å². The fraction of sp³-hybridized carbons (Fsp3) is 0.421. The van der Waals surface area contributed by atoms with E-state index in [1.807, 2.05) is 12.1 Å². The van der Waals surface area contributed by atoms with Gasteiger partial charge < -0.3 is 14.8 Å². The molecule has 2 aliphatic rings. The SMILES string of the molecule is COc1ccc(OC)c(S(=O)(=O)N2Cc3cccnc3[C@@H]3CNC[C@H]3C2)c1. The Labute approximate surface area is 159 Å². The van der Waals surface area contributed by atoms with E-state index in [4.69, 9.17) is 9.47 Å². The molecule has 8 heteroatoms. The molecular formula is C19H23N3O4S. The molecule has 144 valence electrons. The van der Waals surface area contributed by atoms with Gasteiger partial charge in [-0.2, -0.15) is 4.31 Å². The molecule has 1 aromatic carbocycles. The molecule has 0 amide bonds. The maximum atomic E-state index is 13.5. The molecule has 0 aliphatic carbocycles. The average Bonchev–Trinajstić information content (AvgIpc) is 3.09. The molecule has 1 fully saturated rings. The number of rotatable bonds is 4. The van der Waals surface area contributed by atoms with E-state index in [0.29, 0.717) is 24.6 Å². The number of ether oxygens (including phenoxy) is 2. The first-order chi connectivity index (χ1) is 13.0. The maximum absolute atomic E-state index is 13.5. The van der Waals surface area contributed by atoms with Gasteiger partial charge >= 0.3 is 0 Å². The van der Waals surface area contributed by atoms with Crippen LogP contribution in [-0.2, 0) is 16.6 Å². The van der Waals surface area contributed by atoms with Crippen LogP contribution in [0.25, 0.3) is 0 Å². The minimum Gasteiger partial charge on any atom is -0.497 e. The van der Waals surface area contributed by atoms with Gasteiger partial charge in [0.05, 0.1) is 14.2 Å². The Bertz CT molecular complexity index is 948. The lowest BCUT2D eigenvalue weighted by Crippen LogP contribution is -2.35. The molecule has 0 saturated carbocycles. The number of pyridine rings is 1. The summed E-state index contributed by atoms with van der Waals surface area (Å²) < 4.78 is 39.2. The molecule has 0 radical (unpaired) electrons. The van der Waals surface area contributed by atoms with Crippen molar-refractivity contribution < 1.29 is 17.9 Å². The second kappa shape index (κ2) is 7.10. The zero-order valence-corrected chi connectivity index (χ0v) is 16.2. The summed E-state index contributed by atoms with van der Waals surface area (Å²) >= 11 is 0. The monoisotopic (exact) mass is 389 g/mol.